The van der Waals surface area contributed by atoms with Gasteiger partial charge in [-0.15, -0.1) is 11.3 Å². The molecule has 0 bridgehead atoms. The number of fused-ring (bicyclic) bond motifs is 1. The van der Waals surface area contributed by atoms with E-state index in [4.69, 9.17) is 11.3 Å². The third kappa shape index (κ3) is 3.91. The van der Waals surface area contributed by atoms with Gasteiger partial charge in [-0.25, -0.2) is 9.83 Å². The summed E-state index contributed by atoms with van der Waals surface area (Å²) in [6.45, 7) is 15.7. The lowest BCUT2D eigenvalue weighted by atomic mass is 9.90. The van der Waals surface area contributed by atoms with Gasteiger partial charge in [-0.2, -0.15) is 0 Å². The Bertz CT molecular complexity index is 1080. The molecule has 1 aliphatic rings. The van der Waals surface area contributed by atoms with Crippen molar-refractivity contribution >= 4 is 17.0 Å². The summed E-state index contributed by atoms with van der Waals surface area (Å²) in [4.78, 5) is 9.51. The fourth-order valence-corrected chi connectivity index (χ4v) is 4.88. The van der Waals surface area contributed by atoms with Gasteiger partial charge in [0.2, 0.25) is 5.69 Å². The minimum absolute atomic E-state index is 0.0412. The van der Waals surface area contributed by atoms with Gasteiger partial charge in [0, 0.05) is 18.3 Å². The smallest absolute Gasteiger partial charge is 0.228 e. The molecule has 5 heteroatoms. The van der Waals surface area contributed by atoms with Crippen molar-refractivity contribution < 1.29 is 4.74 Å². The molecule has 0 amide bonds. The van der Waals surface area contributed by atoms with E-state index in [1.165, 1.54) is 27.1 Å². The van der Waals surface area contributed by atoms with Gasteiger partial charge < -0.3 is 10.1 Å². The van der Waals surface area contributed by atoms with Crippen LogP contribution < -0.4 is 10.1 Å². The number of rotatable bonds is 5. The van der Waals surface area contributed by atoms with Crippen molar-refractivity contribution in [2.24, 2.45) is 0 Å². The van der Waals surface area contributed by atoms with Gasteiger partial charge in [0.05, 0.1) is 17.6 Å². The number of thiazole rings is 1. The zero-order valence-electron chi connectivity index (χ0n) is 17.1. The first-order chi connectivity index (χ1) is 14.1. The normalized spacial score (nSPS) is 13.2. The van der Waals surface area contributed by atoms with Gasteiger partial charge in [-0.3, -0.25) is 0 Å². The number of ether oxygens (including phenoxy) is 1. The minimum atomic E-state index is 0.0412. The summed E-state index contributed by atoms with van der Waals surface area (Å²) in [7, 11) is 0. The van der Waals surface area contributed by atoms with Gasteiger partial charge in [0.15, 0.2) is 0 Å². The highest BCUT2D eigenvalue weighted by molar-refractivity contribution is 7.18. The predicted octanol–water partition coefficient (Wildman–Crippen LogP) is 6.02. The molecule has 0 spiro atoms. The van der Waals surface area contributed by atoms with Crippen LogP contribution in [0.25, 0.3) is 25.9 Å². The maximum absolute atomic E-state index is 7.49. The monoisotopic (exact) mass is 403 g/mol. The fraction of sp³-hybridized carbons (Fsp3) is 0.333. The van der Waals surface area contributed by atoms with Crippen molar-refractivity contribution in [3.8, 4) is 26.8 Å². The Labute approximate surface area is 176 Å². The quantitative estimate of drug-likeness (QED) is 0.529. The van der Waals surface area contributed by atoms with Crippen molar-refractivity contribution in [1.82, 2.24) is 10.3 Å². The first kappa shape index (κ1) is 19.6. The third-order valence-corrected chi connectivity index (χ3v) is 6.29. The Morgan fingerprint density at radius 3 is 2.90 bits per heavy atom. The van der Waals surface area contributed by atoms with Crippen LogP contribution in [0.4, 0.5) is 5.69 Å². The van der Waals surface area contributed by atoms with Crippen LogP contribution in [0, 0.1) is 6.57 Å². The highest BCUT2D eigenvalue weighted by atomic mass is 32.1. The van der Waals surface area contributed by atoms with Gasteiger partial charge >= 0.3 is 0 Å². The fourth-order valence-electron chi connectivity index (χ4n) is 3.91. The molecule has 2 heterocycles. The first-order valence-corrected chi connectivity index (χ1v) is 10.9. The molecule has 29 heavy (non-hydrogen) atoms. The van der Waals surface area contributed by atoms with Crippen molar-refractivity contribution in [1.29, 1.82) is 0 Å². The summed E-state index contributed by atoms with van der Waals surface area (Å²) >= 11 is 1.69. The summed E-state index contributed by atoms with van der Waals surface area (Å²) in [6, 6.07) is 10.3. The van der Waals surface area contributed by atoms with E-state index in [0.29, 0.717) is 11.4 Å². The number of hydrogen-bond donors (Lipinski definition) is 1. The lowest BCUT2D eigenvalue weighted by Crippen LogP contribution is -2.24. The van der Waals surface area contributed by atoms with Crippen LogP contribution in [-0.4, -0.2) is 17.6 Å². The van der Waals surface area contributed by atoms with Crippen LogP contribution in [-0.2, 0) is 19.4 Å². The molecule has 0 aliphatic carbocycles. The Kier molecular flexibility index (Phi) is 5.66. The van der Waals surface area contributed by atoms with Crippen LogP contribution >= 0.6 is 11.3 Å². The topological polar surface area (TPSA) is 38.5 Å². The molecule has 0 unspecified atom stereocenters. The van der Waals surface area contributed by atoms with Crippen molar-refractivity contribution in [2.75, 3.05) is 6.54 Å². The lowest BCUT2D eigenvalue weighted by Gasteiger charge is -2.22. The molecular formula is C24H25N3OS. The summed E-state index contributed by atoms with van der Waals surface area (Å²) in [6.07, 6.45) is 4.12. The number of benzene rings is 2. The Morgan fingerprint density at radius 1 is 1.28 bits per heavy atom. The zero-order valence-corrected chi connectivity index (χ0v) is 17.9. The van der Waals surface area contributed by atoms with E-state index >= 15 is 0 Å². The summed E-state index contributed by atoms with van der Waals surface area (Å²) in [5.74, 6) is 0.632. The van der Waals surface area contributed by atoms with Gasteiger partial charge in [0.25, 0.3) is 0 Å². The molecule has 3 aromatic rings. The highest BCUT2D eigenvalue weighted by Crippen LogP contribution is 2.39. The Hall–Kier alpha value is -2.68. The van der Waals surface area contributed by atoms with Crippen molar-refractivity contribution in [3.63, 3.8) is 0 Å². The predicted molar refractivity (Wildman–Crippen MR) is 120 cm³/mol. The average molecular weight is 404 g/mol. The molecule has 0 saturated heterocycles. The second-order valence-electron chi connectivity index (χ2n) is 7.50. The van der Waals surface area contributed by atoms with E-state index in [2.05, 4.69) is 34.2 Å². The first-order valence-electron chi connectivity index (χ1n) is 10.1. The molecule has 0 radical (unpaired) electrons. The molecule has 2 aromatic carbocycles. The maximum atomic E-state index is 7.49. The number of aromatic nitrogens is 1. The van der Waals surface area contributed by atoms with Crippen LogP contribution in [0.3, 0.4) is 0 Å². The van der Waals surface area contributed by atoms with Crippen LogP contribution in [0.2, 0.25) is 0 Å². The van der Waals surface area contributed by atoms with E-state index in [9.17, 15) is 0 Å². The second kappa shape index (κ2) is 8.36. The zero-order chi connectivity index (χ0) is 20.4. The molecular weight excluding hydrogens is 378 g/mol. The number of hydrogen-bond acceptors (Lipinski definition) is 4. The van der Waals surface area contributed by atoms with E-state index in [1.54, 1.807) is 11.3 Å². The van der Waals surface area contributed by atoms with E-state index < -0.39 is 0 Å². The van der Waals surface area contributed by atoms with E-state index in [-0.39, 0.29) is 6.10 Å². The van der Waals surface area contributed by atoms with Gasteiger partial charge in [0.1, 0.15) is 10.8 Å². The molecule has 0 saturated carbocycles. The molecule has 0 atom stereocenters. The van der Waals surface area contributed by atoms with E-state index in [1.807, 2.05) is 38.2 Å². The van der Waals surface area contributed by atoms with Crippen LogP contribution in [0.1, 0.15) is 37.5 Å². The van der Waals surface area contributed by atoms with Gasteiger partial charge in [-0.1, -0.05) is 25.1 Å². The molecule has 148 valence electrons. The second-order valence-corrected chi connectivity index (χ2v) is 8.53. The van der Waals surface area contributed by atoms with Crippen LogP contribution in [0.15, 0.2) is 36.5 Å². The Morgan fingerprint density at radius 2 is 2.14 bits per heavy atom. The van der Waals surface area contributed by atoms with Crippen LogP contribution in [0.5, 0.6) is 5.75 Å². The summed E-state index contributed by atoms with van der Waals surface area (Å²) in [5, 5.41) is 4.39. The molecule has 4 nitrogen and oxygen atoms in total. The minimum Gasteiger partial charge on any atom is -0.502 e. The van der Waals surface area contributed by atoms with E-state index in [0.717, 1.165) is 36.5 Å². The molecule has 4 rings (SSSR count). The number of nitrogens with one attached hydrogen (secondary N) is 1. The lowest BCUT2D eigenvalue weighted by molar-refractivity contribution is 0.244. The molecule has 1 aliphatic heterocycles. The maximum Gasteiger partial charge on any atom is 0.228 e. The molecule has 1 aromatic heterocycles. The molecule has 0 fully saturated rings. The molecule has 1 N–H and O–H groups in total. The largest absolute Gasteiger partial charge is 0.502 e. The SMILES string of the molecule is [C-]#[N+]c1cc(-c2ncc(-c3ccc4c(c3CC)CCNC4)s2)ccc1OC(C)C. The number of nitrogens with zero attached hydrogens (tertiary/aromatic N) is 2. The Balaban J connectivity index is 1.70. The van der Waals surface area contributed by atoms with Crippen molar-refractivity contribution in [2.45, 2.75) is 46.3 Å². The third-order valence-electron chi connectivity index (χ3n) is 5.21. The highest BCUT2D eigenvalue weighted by Gasteiger charge is 2.18. The summed E-state index contributed by atoms with van der Waals surface area (Å²) < 4.78 is 5.75. The summed E-state index contributed by atoms with van der Waals surface area (Å²) in [5.41, 5.74) is 7.16. The van der Waals surface area contributed by atoms with Gasteiger partial charge in [-0.05, 0) is 67.6 Å². The standard InChI is InChI=1S/C24H25N3OS/c1-5-18-19-10-11-26-13-17(19)6-8-20(18)23-14-27-24(29-23)16-7-9-22(28-15(2)3)21(12-16)25-4/h6-9,12,14-15,26H,5,10-11,13H2,1-3H3. The average Bonchev–Trinajstić information content (AvgIpc) is 3.22. The van der Waals surface area contributed by atoms with Crippen molar-refractivity contribution in [3.05, 3.63) is 64.6 Å².